The summed E-state index contributed by atoms with van der Waals surface area (Å²) in [5.74, 6) is -0.0684. The number of rotatable bonds is 7. The van der Waals surface area contributed by atoms with Crippen LogP contribution in [0.25, 0.3) is 0 Å². The highest BCUT2D eigenvalue weighted by molar-refractivity contribution is 5.97. The Hall–Kier alpha value is -1.59. The number of hydrogen-bond acceptors (Lipinski definition) is 4. The minimum absolute atomic E-state index is 0.0684. The van der Waals surface area contributed by atoms with Gasteiger partial charge in [-0.1, -0.05) is 26.8 Å². The van der Waals surface area contributed by atoms with Gasteiger partial charge in [0.25, 0.3) is 5.91 Å². The summed E-state index contributed by atoms with van der Waals surface area (Å²) in [7, 11) is 0. The molecule has 0 saturated carbocycles. The summed E-state index contributed by atoms with van der Waals surface area (Å²) in [6, 6.07) is 5.78. The Kier molecular flexibility index (Phi) is 6.47. The van der Waals surface area contributed by atoms with E-state index in [0.717, 1.165) is 24.2 Å². The van der Waals surface area contributed by atoms with Crippen molar-refractivity contribution in [1.29, 1.82) is 0 Å². The zero-order valence-electron chi connectivity index (χ0n) is 15.9. The second-order valence-electron chi connectivity index (χ2n) is 8.35. The predicted molar refractivity (Wildman–Crippen MR) is 101 cm³/mol. The molecule has 0 aromatic heterocycles. The monoisotopic (exact) mass is 348 g/mol. The van der Waals surface area contributed by atoms with Crippen LogP contribution in [0.4, 0.5) is 5.69 Å². The first kappa shape index (κ1) is 19.7. The van der Waals surface area contributed by atoms with Gasteiger partial charge in [0.1, 0.15) is 0 Å². The van der Waals surface area contributed by atoms with Gasteiger partial charge < -0.3 is 20.5 Å². The van der Waals surface area contributed by atoms with Gasteiger partial charge in [0, 0.05) is 43.0 Å². The zero-order chi connectivity index (χ0) is 18.5. The number of carbonyl (C=O) groups is 1. The van der Waals surface area contributed by atoms with Gasteiger partial charge in [-0.25, -0.2) is 0 Å². The van der Waals surface area contributed by atoms with Crippen LogP contribution >= 0.6 is 0 Å². The largest absolute Gasteiger partial charge is 0.396 e. The lowest BCUT2D eigenvalue weighted by Gasteiger charge is -2.27. The zero-order valence-corrected chi connectivity index (χ0v) is 15.9. The first-order chi connectivity index (χ1) is 11.8. The van der Waals surface area contributed by atoms with Gasteiger partial charge >= 0.3 is 0 Å². The van der Waals surface area contributed by atoms with Gasteiger partial charge in [-0.15, -0.1) is 0 Å². The van der Waals surface area contributed by atoms with Crippen molar-refractivity contribution < 1.29 is 14.6 Å². The summed E-state index contributed by atoms with van der Waals surface area (Å²) >= 11 is 0. The van der Waals surface area contributed by atoms with Crippen LogP contribution in [-0.2, 0) is 4.74 Å². The van der Waals surface area contributed by atoms with Crippen molar-refractivity contribution in [2.75, 3.05) is 38.2 Å². The van der Waals surface area contributed by atoms with E-state index in [9.17, 15) is 9.90 Å². The molecule has 0 aliphatic carbocycles. The summed E-state index contributed by atoms with van der Waals surface area (Å²) in [4.78, 5) is 12.7. The summed E-state index contributed by atoms with van der Waals surface area (Å²) in [6.07, 6.45) is 1.53. The van der Waals surface area contributed by atoms with E-state index in [-0.39, 0.29) is 23.3 Å². The molecule has 1 fully saturated rings. The van der Waals surface area contributed by atoms with Gasteiger partial charge in [-0.3, -0.25) is 4.79 Å². The highest BCUT2D eigenvalue weighted by Gasteiger charge is 2.34. The number of carbonyl (C=O) groups excluding carboxylic acids is 1. The molecule has 5 nitrogen and oxygen atoms in total. The number of benzene rings is 1. The fourth-order valence-electron chi connectivity index (χ4n) is 3.11. The molecule has 0 bridgehead atoms. The van der Waals surface area contributed by atoms with E-state index in [4.69, 9.17) is 4.74 Å². The minimum Gasteiger partial charge on any atom is -0.396 e. The third-order valence-electron chi connectivity index (χ3n) is 4.84. The number of anilines is 1. The average Bonchev–Trinajstić information content (AvgIpc) is 3.00. The van der Waals surface area contributed by atoms with Crippen molar-refractivity contribution in [2.45, 2.75) is 40.5 Å². The standard InChI is InChI=1S/C20H32N2O3/c1-15-16(6-5-7-17(15)21-12-19(2,3)4)18(24)22-13-20(8-10-23)9-11-25-14-20/h5-7,21,23H,8-14H2,1-4H3,(H,22,24). The molecule has 1 saturated heterocycles. The molecule has 2 rings (SSSR count). The maximum atomic E-state index is 12.7. The summed E-state index contributed by atoms with van der Waals surface area (Å²) in [6.45, 7) is 11.3. The van der Waals surface area contributed by atoms with Crippen LogP contribution in [-0.4, -0.2) is 43.9 Å². The molecule has 0 spiro atoms. The van der Waals surface area contributed by atoms with Crippen LogP contribution in [0.2, 0.25) is 0 Å². The fourth-order valence-corrected chi connectivity index (χ4v) is 3.11. The van der Waals surface area contributed by atoms with Crippen molar-refractivity contribution in [3.05, 3.63) is 29.3 Å². The van der Waals surface area contributed by atoms with E-state index in [1.54, 1.807) is 0 Å². The van der Waals surface area contributed by atoms with Gasteiger partial charge in [-0.05, 0) is 42.9 Å². The van der Waals surface area contributed by atoms with E-state index in [1.807, 2.05) is 25.1 Å². The minimum atomic E-state index is -0.138. The molecule has 0 radical (unpaired) electrons. The van der Waals surface area contributed by atoms with Crippen molar-refractivity contribution in [1.82, 2.24) is 5.32 Å². The lowest BCUT2D eigenvalue weighted by molar-refractivity contribution is 0.0889. The van der Waals surface area contributed by atoms with Crippen molar-refractivity contribution in [3.8, 4) is 0 Å². The van der Waals surface area contributed by atoms with Crippen molar-refractivity contribution in [3.63, 3.8) is 0 Å². The lowest BCUT2D eigenvalue weighted by Crippen LogP contribution is -2.39. The van der Waals surface area contributed by atoms with E-state index in [1.165, 1.54) is 0 Å². The molecule has 1 amide bonds. The number of nitrogens with one attached hydrogen (secondary N) is 2. The van der Waals surface area contributed by atoms with E-state index in [0.29, 0.717) is 31.7 Å². The Morgan fingerprint density at radius 2 is 2.12 bits per heavy atom. The van der Waals surface area contributed by atoms with E-state index >= 15 is 0 Å². The Morgan fingerprint density at radius 3 is 2.72 bits per heavy atom. The Bertz CT molecular complexity index is 587. The summed E-state index contributed by atoms with van der Waals surface area (Å²) in [5.41, 5.74) is 2.68. The van der Waals surface area contributed by atoms with Gasteiger partial charge in [-0.2, -0.15) is 0 Å². The second-order valence-corrected chi connectivity index (χ2v) is 8.35. The van der Waals surface area contributed by atoms with E-state index in [2.05, 4.69) is 31.4 Å². The molecular formula is C20H32N2O3. The number of hydrogen-bond donors (Lipinski definition) is 3. The number of aliphatic hydroxyl groups excluding tert-OH is 1. The number of ether oxygens (including phenoxy) is 1. The topological polar surface area (TPSA) is 70.6 Å². The third kappa shape index (κ3) is 5.44. The molecule has 1 aromatic carbocycles. The van der Waals surface area contributed by atoms with Gasteiger partial charge in [0.2, 0.25) is 0 Å². The van der Waals surface area contributed by atoms with Crippen LogP contribution in [0.1, 0.15) is 49.5 Å². The van der Waals surface area contributed by atoms with Crippen LogP contribution in [0.15, 0.2) is 18.2 Å². The molecule has 1 heterocycles. The maximum Gasteiger partial charge on any atom is 0.251 e. The second kappa shape index (κ2) is 8.19. The van der Waals surface area contributed by atoms with Gasteiger partial charge in [0.15, 0.2) is 0 Å². The first-order valence-corrected chi connectivity index (χ1v) is 9.07. The van der Waals surface area contributed by atoms with Crippen LogP contribution < -0.4 is 10.6 Å². The number of aliphatic hydroxyl groups is 1. The average molecular weight is 348 g/mol. The quantitative estimate of drug-likeness (QED) is 0.708. The van der Waals surface area contributed by atoms with Crippen LogP contribution in [0.3, 0.4) is 0 Å². The number of amides is 1. The molecule has 140 valence electrons. The molecule has 1 unspecified atom stereocenters. The predicted octanol–water partition coefficient (Wildman–Crippen LogP) is 2.97. The first-order valence-electron chi connectivity index (χ1n) is 9.07. The maximum absolute atomic E-state index is 12.7. The molecule has 1 aliphatic rings. The Labute approximate surface area is 151 Å². The fraction of sp³-hybridized carbons (Fsp3) is 0.650. The smallest absolute Gasteiger partial charge is 0.251 e. The Morgan fingerprint density at radius 1 is 1.36 bits per heavy atom. The van der Waals surface area contributed by atoms with Crippen molar-refractivity contribution in [2.24, 2.45) is 10.8 Å². The highest BCUT2D eigenvalue weighted by atomic mass is 16.5. The molecule has 1 atom stereocenters. The molecular weight excluding hydrogens is 316 g/mol. The van der Waals surface area contributed by atoms with Crippen LogP contribution in [0, 0.1) is 17.8 Å². The Balaban J connectivity index is 2.04. The molecule has 25 heavy (non-hydrogen) atoms. The van der Waals surface area contributed by atoms with Crippen LogP contribution in [0.5, 0.6) is 0 Å². The van der Waals surface area contributed by atoms with Crippen molar-refractivity contribution >= 4 is 11.6 Å². The highest BCUT2D eigenvalue weighted by Crippen LogP contribution is 2.31. The molecule has 3 N–H and O–H groups in total. The van der Waals surface area contributed by atoms with Gasteiger partial charge in [0.05, 0.1) is 6.61 Å². The normalized spacial score (nSPS) is 20.5. The molecule has 1 aliphatic heterocycles. The lowest BCUT2D eigenvalue weighted by atomic mass is 9.84. The van der Waals surface area contributed by atoms with E-state index < -0.39 is 0 Å². The molecule has 5 heteroatoms. The third-order valence-corrected chi connectivity index (χ3v) is 4.84. The summed E-state index contributed by atoms with van der Waals surface area (Å²) < 4.78 is 5.49. The SMILES string of the molecule is Cc1c(NCC(C)(C)C)cccc1C(=O)NCC1(CCO)CCOC1. The molecule has 1 aromatic rings. The summed E-state index contributed by atoms with van der Waals surface area (Å²) in [5, 5.41) is 15.8.